The van der Waals surface area contributed by atoms with Crippen molar-refractivity contribution in [2.45, 2.75) is 124 Å². The van der Waals surface area contributed by atoms with Gasteiger partial charge in [-0.2, -0.15) is 0 Å². The number of hydrogen-bond donors (Lipinski definition) is 0. The van der Waals surface area contributed by atoms with E-state index in [0.717, 1.165) is 53.2 Å². The summed E-state index contributed by atoms with van der Waals surface area (Å²) >= 11 is 0. The molecule has 13 rings (SSSR count). The SMILES string of the molecule is Cc1cc(C)c(B(c2ccc(C3C4CCCCC4C4CCC5C6CCCCC6C(C)(C)C5C43)nc2)c2ccc(-n3c4ccccc4c4ccc5c(c43)C(C)(C)c3ccccc3-5)nc2)c(C)c1. The zero-order valence-corrected chi connectivity index (χ0v) is 40.6. The van der Waals surface area contributed by atoms with Crippen molar-refractivity contribution in [1.82, 2.24) is 14.5 Å². The fraction of sp³-hybridized carbons (Fsp3) is 0.452. The third kappa shape index (κ3) is 5.81. The van der Waals surface area contributed by atoms with Gasteiger partial charge in [-0.3, -0.25) is 9.55 Å². The summed E-state index contributed by atoms with van der Waals surface area (Å²) in [4.78, 5) is 11.2. The molecule has 6 aliphatic rings. The number of pyridine rings is 2. The second-order valence-electron chi connectivity index (χ2n) is 23.6. The van der Waals surface area contributed by atoms with Crippen molar-refractivity contribution in [3.63, 3.8) is 0 Å². The molecule has 66 heavy (non-hydrogen) atoms. The molecule has 9 unspecified atom stereocenters. The second-order valence-corrected chi connectivity index (χ2v) is 23.6. The van der Waals surface area contributed by atoms with Gasteiger partial charge in [0.25, 0.3) is 0 Å². The van der Waals surface area contributed by atoms with Gasteiger partial charge in [0.15, 0.2) is 0 Å². The maximum Gasteiger partial charge on any atom is 0.245 e. The Balaban J connectivity index is 0.919. The van der Waals surface area contributed by atoms with Crippen LogP contribution in [0.25, 0.3) is 38.8 Å². The van der Waals surface area contributed by atoms with Gasteiger partial charge in [-0.25, -0.2) is 4.98 Å². The third-order valence-electron chi connectivity index (χ3n) is 19.9. The molecule has 0 aliphatic heterocycles. The summed E-state index contributed by atoms with van der Waals surface area (Å²) in [5, 5.41) is 2.56. The lowest BCUT2D eigenvalue weighted by Crippen LogP contribution is -2.54. The summed E-state index contributed by atoms with van der Waals surface area (Å²) in [6, 6.07) is 37.1. The van der Waals surface area contributed by atoms with E-state index in [9.17, 15) is 0 Å². The highest BCUT2D eigenvalue weighted by atomic mass is 15.1. The molecule has 4 heteroatoms. The van der Waals surface area contributed by atoms with Crippen LogP contribution in [0.3, 0.4) is 0 Å². The first-order valence-electron chi connectivity index (χ1n) is 26.2. The van der Waals surface area contributed by atoms with E-state index in [1.54, 1.807) is 0 Å². The van der Waals surface area contributed by atoms with Gasteiger partial charge in [-0.15, -0.1) is 0 Å². The van der Waals surface area contributed by atoms with Crippen LogP contribution in [0.1, 0.15) is 131 Å². The smallest absolute Gasteiger partial charge is 0.245 e. The molecule has 5 saturated carbocycles. The number of aromatic nitrogens is 3. The minimum Gasteiger partial charge on any atom is -0.293 e. The van der Waals surface area contributed by atoms with E-state index in [1.807, 2.05) is 0 Å². The molecule has 0 radical (unpaired) electrons. The summed E-state index contributed by atoms with van der Waals surface area (Å²) < 4.78 is 2.46. The number of nitrogens with zero attached hydrogens (tertiary/aromatic N) is 3. The fourth-order valence-electron chi connectivity index (χ4n) is 17.7. The molecule has 7 aromatic rings. The third-order valence-corrected chi connectivity index (χ3v) is 19.9. The summed E-state index contributed by atoms with van der Waals surface area (Å²) in [6.45, 7) is 17.1. The van der Waals surface area contributed by atoms with E-state index in [1.165, 1.54) is 147 Å². The molecule has 0 saturated heterocycles. The van der Waals surface area contributed by atoms with Gasteiger partial charge < -0.3 is 0 Å². The lowest BCUT2D eigenvalue weighted by Gasteiger charge is -2.47. The van der Waals surface area contributed by atoms with Gasteiger partial charge >= 0.3 is 0 Å². The van der Waals surface area contributed by atoms with Crippen LogP contribution in [0, 0.1) is 73.5 Å². The van der Waals surface area contributed by atoms with Gasteiger partial charge in [-0.05, 0) is 153 Å². The number of hydrogen-bond acceptors (Lipinski definition) is 2. The molecule has 0 N–H and O–H groups in total. The number of para-hydroxylation sites is 1. The molecular weight excluding hydrogens is 798 g/mol. The Morgan fingerprint density at radius 1 is 0.591 bits per heavy atom. The standard InChI is InChI=1S/C62H68BN3/c1-36-32-37(2)59(38(3)33-36)63(39-24-30-52(64-34-39)55-45-20-9-8-16-41(45)46-26-27-47-42-17-10-13-21-50(42)61(4,5)57(47)56(46)55)40-25-31-54(65-35-40)66-53-23-15-12-19-44(53)49-29-28-48-43-18-11-14-22-51(43)62(6,7)58(48)60(49)66/h11-12,14-15,18-19,22-25,28-35,41-42,45-47,50,55-57H,8-10,13,16-17,20-21,26-27H2,1-7H3. The minimum atomic E-state index is -0.149. The Morgan fingerprint density at radius 3 is 2.03 bits per heavy atom. The summed E-state index contributed by atoms with van der Waals surface area (Å²) in [7, 11) is 0. The summed E-state index contributed by atoms with van der Waals surface area (Å²) in [6.07, 6.45) is 19.0. The Kier molecular flexibility index (Phi) is 9.39. The van der Waals surface area contributed by atoms with Crippen LogP contribution in [0.4, 0.5) is 0 Å². The van der Waals surface area contributed by atoms with Crippen LogP contribution >= 0.6 is 0 Å². The van der Waals surface area contributed by atoms with E-state index < -0.39 is 0 Å². The zero-order valence-electron chi connectivity index (χ0n) is 40.6. The normalized spacial score (nSPS) is 28.9. The molecule has 9 atom stereocenters. The van der Waals surface area contributed by atoms with Crippen molar-refractivity contribution < 1.29 is 0 Å². The van der Waals surface area contributed by atoms with Crippen LogP contribution in [0.5, 0.6) is 0 Å². The summed E-state index contributed by atoms with van der Waals surface area (Å²) in [5.74, 6) is 8.55. The van der Waals surface area contributed by atoms with Crippen LogP contribution in [-0.4, -0.2) is 21.2 Å². The summed E-state index contributed by atoms with van der Waals surface area (Å²) in [5.41, 5.74) is 17.5. The monoisotopic (exact) mass is 866 g/mol. The van der Waals surface area contributed by atoms with Gasteiger partial charge in [0, 0.05) is 40.2 Å². The molecule has 0 spiro atoms. The van der Waals surface area contributed by atoms with Crippen molar-refractivity contribution in [3.8, 4) is 16.9 Å². The average Bonchev–Trinajstić information content (AvgIpc) is 3.99. The Labute approximate surface area is 394 Å². The number of benzene rings is 4. The topological polar surface area (TPSA) is 30.7 Å². The quantitative estimate of drug-likeness (QED) is 0.161. The van der Waals surface area contributed by atoms with E-state index in [2.05, 4.69) is 162 Å². The molecule has 3 heterocycles. The number of aryl methyl sites for hydroxylation is 3. The Hall–Kier alpha value is -4.96. The maximum absolute atomic E-state index is 5.71. The highest BCUT2D eigenvalue weighted by Crippen LogP contribution is 2.72. The molecular formula is C62H68BN3. The van der Waals surface area contributed by atoms with Crippen molar-refractivity contribution in [3.05, 3.63) is 143 Å². The number of rotatable bonds is 5. The molecule has 334 valence electrons. The zero-order chi connectivity index (χ0) is 44.8. The second kappa shape index (κ2) is 15.0. The van der Waals surface area contributed by atoms with Crippen molar-refractivity contribution >= 4 is 44.9 Å². The van der Waals surface area contributed by atoms with Crippen LogP contribution < -0.4 is 16.4 Å². The predicted octanol–water partition coefficient (Wildman–Crippen LogP) is 13.3. The van der Waals surface area contributed by atoms with E-state index in [-0.39, 0.29) is 12.1 Å². The fourth-order valence-corrected chi connectivity index (χ4v) is 17.7. The predicted molar refractivity (Wildman–Crippen MR) is 276 cm³/mol. The first kappa shape index (κ1) is 41.2. The largest absolute Gasteiger partial charge is 0.293 e. The van der Waals surface area contributed by atoms with Gasteiger partial charge in [0.05, 0.1) is 11.0 Å². The van der Waals surface area contributed by atoms with Crippen molar-refractivity contribution in [2.24, 2.45) is 52.8 Å². The van der Waals surface area contributed by atoms with Crippen molar-refractivity contribution in [1.29, 1.82) is 0 Å². The van der Waals surface area contributed by atoms with Gasteiger partial charge in [0.1, 0.15) is 5.82 Å². The molecule has 0 amide bonds. The van der Waals surface area contributed by atoms with E-state index in [4.69, 9.17) is 9.97 Å². The highest BCUT2D eigenvalue weighted by Gasteiger charge is 2.65. The lowest BCUT2D eigenvalue weighted by atomic mass is 9.36. The first-order chi connectivity index (χ1) is 32.0. The molecule has 6 aliphatic carbocycles. The van der Waals surface area contributed by atoms with Crippen molar-refractivity contribution in [2.75, 3.05) is 0 Å². The molecule has 0 bridgehead atoms. The minimum absolute atomic E-state index is 0.0271. The molecule has 3 nitrogen and oxygen atoms in total. The van der Waals surface area contributed by atoms with Crippen LogP contribution in [0.15, 0.2) is 109 Å². The molecule has 3 aromatic heterocycles. The maximum atomic E-state index is 5.71. The highest BCUT2D eigenvalue weighted by molar-refractivity contribution is 6.96. The molecule has 5 fully saturated rings. The van der Waals surface area contributed by atoms with E-state index >= 15 is 0 Å². The van der Waals surface area contributed by atoms with Crippen LogP contribution in [-0.2, 0) is 5.41 Å². The number of fused-ring (bicyclic) bond motifs is 14. The lowest BCUT2D eigenvalue weighted by molar-refractivity contribution is 0.0275. The Morgan fingerprint density at radius 2 is 1.27 bits per heavy atom. The average molecular weight is 866 g/mol. The van der Waals surface area contributed by atoms with Gasteiger partial charge in [0.2, 0.25) is 6.71 Å². The Bertz CT molecular complexity index is 3020. The van der Waals surface area contributed by atoms with E-state index in [0.29, 0.717) is 11.3 Å². The first-order valence-corrected chi connectivity index (χ1v) is 26.2. The van der Waals surface area contributed by atoms with Crippen LogP contribution in [0.2, 0.25) is 0 Å². The molecule has 4 aromatic carbocycles. The van der Waals surface area contributed by atoms with Gasteiger partial charge in [-0.1, -0.05) is 165 Å².